The molecule has 0 radical (unpaired) electrons. The summed E-state index contributed by atoms with van der Waals surface area (Å²) in [7, 11) is -2.79. The molecule has 1 aromatic heterocycles. The third-order valence-corrected chi connectivity index (χ3v) is 6.54. The van der Waals surface area contributed by atoms with E-state index in [9.17, 15) is 14.2 Å². The van der Waals surface area contributed by atoms with Gasteiger partial charge in [0.25, 0.3) is 7.52 Å². The van der Waals surface area contributed by atoms with Crippen LogP contribution in [0.1, 0.15) is 26.0 Å². The monoisotopic (exact) mass is 492 g/mol. The van der Waals surface area contributed by atoms with Gasteiger partial charge in [-0.2, -0.15) is 0 Å². The number of hydrogen-bond acceptors (Lipinski definition) is 8. The summed E-state index contributed by atoms with van der Waals surface area (Å²) >= 11 is 3.08. The van der Waals surface area contributed by atoms with Gasteiger partial charge >= 0.3 is 0 Å². The predicted molar refractivity (Wildman–Crippen MR) is 110 cm³/mol. The van der Waals surface area contributed by atoms with Gasteiger partial charge in [-0.25, -0.2) is 19.1 Å². The summed E-state index contributed by atoms with van der Waals surface area (Å²) in [6.45, 7) is 4.92. The van der Waals surface area contributed by atoms with Crippen LogP contribution in [0, 0.1) is 5.82 Å². The maximum atomic E-state index is 13.4. The van der Waals surface area contributed by atoms with Gasteiger partial charge in [-0.3, -0.25) is 15.3 Å². The molecule has 160 valence electrons. The number of aliphatic imine (C=N–C) groups is 1. The van der Waals surface area contributed by atoms with Crippen molar-refractivity contribution < 1.29 is 23.3 Å². The first-order valence-electron chi connectivity index (χ1n) is 8.91. The summed E-state index contributed by atoms with van der Waals surface area (Å²) in [5, 5.41) is 22.9. The lowest BCUT2D eigenvalue weighted by molar-refractivity contribution is 0.234. The number of hydrogen-bond donors (Lipinski definition) is 4. The second-order valence-corrected chi connectivity index (χ2v) is 9.14. The zero-order valence-corrected chi connectivity index (χ0v) is 18.5. The van der Waals surface area contributed by atoms with Crippen molar-refractivity contribution in [3.8, 4) is 0 Å². The van der Waals surface area contributed by atoms with E-state index in [1.807, 2.05) is 5.48 Å². The highest BCUT2D eigenvalue weighted by Gasteiger charge is 2.19. The predicted octanol–water partition coefficient (Wildman–Crippen LogP) is 3.67. The number of aromatic nitrogens is 2. The highest BCUT2D eigenvalue weighted by atomic mass is 79.9. The van der Waals surface area contributed by atoms with Crippen LogP contribution in [0.4, 0.5) is 15.9 Å². The van der Waals surface area contributed by atoms with Gasteiger partial charge in [-0.05, 0) is 57.8 Å². The summed E-state index contributed by atoms with van der Waals surface area (Å²) in [6, 6.07) is 4.12. The number of benzene rings is 1. The van der Waals surface area contributed by atoms with Crippen molar-refractivity contribution >= 4 is 40.8 Å². The zero-order valence-electron chi connectivity index (χ0n) is 16.0. The average molecular weight is 493 g/mol. The van der Waals surface area contributed by atoms with Crippen molar-refractivity contribution in [2.45, 2.75) is 20.3 Å². The van der Waals surface area contributed by atoms with E-state index in [2.05, 4.69) is 41.6 Å². The number of amidine groups is 1. The van der Waals surface area contributed by atoms with Crippen molar-refractivity contribution in [2.24, 2.45) is 4.99 Å². The molecule has 0 saturated heterocycles. The van der Waals surface area contributed by atoms with Crippen molar-refractivity contribution in [2.75, 3.05) is 31.2 Å². The topological polar surface area (TPSA) is 134 Å². The van der Waals surface area contributed by atoms with Crippen LogP contribution in [0.15, 0.2) is 32.3 Å². The van der Waals surface area contributed by atoms with Crippen LogP contribution in [-0.2, 0) is 9.09 Å². The Morgan fingerprint density at radius 1 is 1.38 bits per heavy atom. The largest absolute Gasteiger partial charge is 0.365 e. The summed E-state index contributed by atoms with van der Waals surface area (Å²) in [4.78, 5) is 4.18. The third-order valence-electron chi connectivity index (χ3n) is 3.72. The molecule has 0 aliphatic carbocycles. The Bertz CT molecular complexity index is 881. The molecular weight excluding hydrogens is 470 g/mol. The first kappa shape index (κ1) is 23.4. The van der Waals surface area contributed by atoms with Gasteiger partial charge in [0, 0.05) is 19.3 Å². The van der Waals surface area contributed by atoms with E-state index >= 15 is 0 Å². The Morgan fingerprint density at radius 2 is 2.17 bits per heavy atom. The molecule has 0 saturated carbocycles. The van der Waals surface area contributed by atoms with Gasteiger partial charge in [0.05, 0.1) is 16.8 Å². The molecule has 0 aliphatic heterocycles. The number of rotatable bonds is 11. The van der Waals surface area contributed by atoms with Crippen molar-refractivity contribution in [1.29, 1.82) is 0 Å². The highest BCUT2D eigenvalue weighted by molar-refractivity contribution is 9.10. The molecule has 2 rings (SSSR count). The highest BCUT2D eigenvalue weighted by Crippen LogP contribution is 2.41. The maximum Gasteiger partial charge on any atom is 0.269 e. The van der Waals surface area contributed by atoms with E-state index in [0.29, 0.717) is 38.0 Å². The van der Waals surface area contributed by atoms with Crippen molar-refractivity contribution in [3.05, 3.63) is 34.2 Å². The average Bonchev–Trinajstić information content (AvgIpc) is 3.17. The molecule has 0 amide bonds. The van der Waals surface area contributed by atoms with Crippen LogP contribution in [0.25, 0.3) is 0 Å². The third kappa shape index (κ3) is 6.86. The van der Waals surface area contributed by atoms with Gasteiger partial charge in [-0.1, -0.05) is 6.92 Å². The maximum absolute atomic E-state index is 13.4. The molecule has 1 aromatic carbocycles. The fraction of sp³-hybridized carbons (Fsp3) is 0.438. The quantitative estimate of drug-likeness (QED) is 0.122. The SMILES string of the molecule is CCOP(=O)(CC)NCCCNc1nonc1C(=Nc1ccc(F)c(Br)c1)NO. The molecule has 2 aromatic rings. The summed E-state index contributed by atoms with van der Waals surface area (Å²) in [6.07, 6.45) is 1.03. The van der Waals surface area contributed by atoms with Gasteiger partial charge in [0.2, 0.25) is 5.82 Å². The van der Waals surface area contributed by atoms with Gasteiger partial charge < -0.3 is 9.84 Å². The Labute approximate surface area is 175 Å². The Kier molecular flexibility index (Phi) is 9.18. The molecular formula is C16H23BrFN6O4P. The lowest BCUT2D eigenvalue weighted by atomic mass is 10.3. The molecule has 4 N–H and O–H groups in total. The minimum atomic E-state index is -2.79. The molecule has 0 spiro atoms. The molecule has 0 bridgehead atoms. The van der Waals surface area contributed by atoms with Crippen LogP contribution in [0.3, 0.4) is 0 Å². The number of hydroxylamine groups is 1. The van der Waals surface area contributed by atoms with Crippen LogP contribution >= 0.6 is 23.4 Å². The van der Waals surface area contributed by atoms with E-state index in [4.69, 9.17) is 9.15 Å². The lowest BCUT2D eigenvalue weighted by Crippen LogP contribution is -2.23. The fourth-order valence-electron chi connectivity index (χ4n) is 2.28. The normalized spacial score (nSPS) is 13.9. The van der Waals surface area contributed by atoms with Crippen LogP contribution < -0.4 is 15.9 Å². The van der Waals surface area contributed by atoms with Crippen molar-refractivity contribution in [3.63, 3.8) is 0 Å². The van der Waals surface area contributed by atoms with E-state index in [-0.39, 0.29) is 21.8 Å². The molecule has 10 nitrogen and oxygen atoms in total. The van der Waals surface area contributed by atoms with E-state index < -0.39 is 13.3 Å². The molecule has 0 fully saturated rings. The smallest absolute Gasteiger partial charge is 0.269 e. The zero-order chi connectivity index (χ0) is 21.3. The van der Waals surface area contributed by atoms with Crippen molar-refractivity contribution in [1.82, 2.24) is 20.9 Å². The Morgan fingerprint density at radius 3 is 2.83 bits per heavy atom. The number of nitrogens with zero attached hydrogens (tertiary/aromatic N) is 3. The molecule has 1 unspecified atom stereocenters. The Balaban J connectivity index is 1.98. The molecule has 0 aliphatic rings. The summed E-state index contributed by atoms with van der Waals surface area (Å²) < 4.78 is 35.9. The van der Waals surface area contributed by atoms with Gasteiger partial charge in [0.15, 0.2) is 11.5 Å². The first-order chi connectivity index (χ1) is 13.9. The number of nitrogens with one attached hydrogen (secondary N) is 3. The van der Waals surface area contributed by atoms with E-state index in [0.717, 1.165) is 0 Å². The lowest BCUT2D eigenvalue weighted by Gasteiger charge is -2.17. The minimum Gasteiger partial charge on any atom is -0.365 e. The fourth-order valence-corrected chi connectivity index (χ4v) is 4.06. The minimum absolute atomic E-state index is 0.0304. The van der Waals surface area contributed by atoms with Crippen LogP contribution in [-0.4, -0.2) is 47.2 Å². The molecule has 29 heavy (non-hydrogen) atoms. The van der Waals surface area contributed by atoms with Gasteiger partial charge in [-0.15, -0.1) is 0 Å². The van der Waals surface area contributed by atoms with Crippen LogP contribution in [0.2, 0.25) is 0 Å². The van der Waals surface area contributed by atoms with Crippen LogP contribution in [0.5, 0.6) is 0 Å². The number of anilines is 1. The second kappa shape index (κ2) is 11.4. The molecule has 1 heterocycles. The van der Waals surface area contributed by atoms with Gasteiger partial charge in [0.1, 0.15) is 5.82 Å². The first-order valence-corrected chi connectivity index (χ1v) is 11.5. The number of halogens is 2. The summed E-state index contributed by atoms with van der Waals surface area (Å²) in [5.74, 6) is -0.203. The second-order valence-electron chi connectivity index (χ2n) is 5.73. The van der Waals surface area contributed by atoms with E-state index in [1.54, 1.807) is 13.8 Å². The Hall–Kier alpha value is -1.85. The molecule has 1 atom stereocenters. The standard InChI is InChI=1S/C16H23BrFN6O4P/c1-3-27-29(26,4-2)20-9-5-8-19-15-14(23-28-24-15)16(22-25)21-11-6-7-13(18)12(17)10-11/h6-7,10,25H,3-5,8-9H2,1-2H3,(H,19,24)(H,20,26)(H,21,22). The van der Waals surface area contributed by atoms with E-state index in [1.165, 1.54) is 18.2 Å². The molecule has 13 heteroatoms. The summed E-state index contributed by atoms with van der Waals surface area (Å²) in [5.41, 5.74) is 2.47.